The number of hydrogen-bond acceptors (Lipinski definition) is 9. The van der Waals surface area contributed by atoms with Crippen LogP contribution in [0.5, 0.6) is 0 Å². The number of anilines is 2. The Morgan fingerprint density at radius 3 is 2.61 bits per heavy atom. The van der Waals surface area contributed by atoms with Crippen molar-refractivity contribution in [2.75, 3.05) is 50.8 Å². The number of rotatable bonds is 6. The number of carbonyl (C=O) groups is 1. The van der Waals surface area contributed by atoms with E-state index in [4.69, 9.17) is 10.2 Å². The van der Waals surface area contributed by atoms with Gasteiger partial charge in [0.1, 0.15) is 0 Å². The van der Waals surface area contributed by atoms with Gasteiger partial charge < -0.3 is 25.3 Å². The molecule has 0 spiro atoms. The molecule has 1 aliphatic rings. The van der Waals surface area contributed by atoms with Crippen molar-refractivity contribution in [3.05, 3.63) is 53.8 Å². The summed E-state index contributed by atoms with van der Waals surface area (Å²) < 4.78 is 6.70. The summed E-state index contributed by atoms with van der Waals surface area (Å²) in [6, 6.07) is 11.3. The predicted molar refractivity (Wildman–Crippen MR) is 123 cm³/mol. The van der Waals surface area contributed by atoms with E-state index in [2.05, 4.69) is 37.3 Å². The lowest BCUT2D eigenvalue weighted by molar-refractivity contribution is 0.0664. The van der Waals surface area contributed by atoms with Gasteiger partial charge in [-0.3, -0.25) is 4.79 Å². The molecule has 5 rings (SSSR count). The molecule has 0 aliphatic carbocycles. The zero-order chi connectivity index (χ0) is 22.8. The Kier molecular flexibility index (Phi) is 5.61. The quantitative estimate of drug-likeness (QED) is 0.450. The van der Waals surface area contributed by atoms with Crippen LogP contribution >= 0.6 is 0 Å². The summed E-state index contributed by atoms with van der Waals surface area (Å²) in [5.41, 5.74) is 7.85. The standard InChI is InChI=1S/C22H25N9O2/c1-29-10-12-30(13-11-29)19(32)16-6-4-15(5-7-16)8-9-24-21-26-20(23)31-22(27-21)25-18(28-31)17-3-2-14-33-17/h2-7,14H,8-13H2,1H3,(H3,23,24,25,26,27,28). The second kappa shape index (κ2) is 8.87. The molecule has 0 unspecified atom stereocenters. The van der Waals surface area contributed by atoms with Crippen LogP contribution in [0.3, 0.4) is 0 Å². The lowest BCUT2D eigenvalue weighted by Gasteiger charge is -2.32. The average molecular weight is 448 g/mol. The van der Waals surface area contributed by atoms with E-state index in [-0.39, 0.29) is 11.9 Å². The Balaban J connectivity index is 1.19. The van der Waals surface area contributed by atoms with E-state index in [1.807, 2.05) is 29.2 Å². The highest BCUT2D eigenvalue weighted by atomic mass is 16.3. The van der Waals surface area contributed by atoms with Crippen LogP contribution in [0.2, 0.25) is 0 Å². The number of amides is 1. The molecule has 0 bridgehead atoms. The van der Waals surface area contributed by atoms with Crippen molar-refractivity contribution in [3.8, 4) is 11.6 Å². The first-order valence-corrected chi connectivity index (χ1v) is 10.8. The van der Waals surface area contributed by atoms with E-state index in [1.54, 1.807) is 18.4 Å². The van der Waals surface area contributed by atoms with Gasteiger partial charge in [0, 0.05) is 38.3 Å². The lowest BCUT2D eigenvalue weighted by Crippen LogP contribution is -2.47. The average Bonchev–Trinajstić information content (AvgIpc) is 3.50. The molecular formula is C22H25N9O2. The summed E-state index contributed by atoms with van der Waals surface area (Å²) in [4.78, 5) is 29.8. The molecule has 1 amide bonds. The molecule has 1 aliphatic heterocycles. The van der Waals surface area contributed by atoms with Gasteiger partial charge in [0.15, 0.2) is 5.76 Å². The smallest absolute Gasteiger partial charge is 0.259 e. The minimum atomic E-state index is 0.0900. The molecular weight excluding hydrogens is 422 g/mol. The maximum Gasteiger partial charge on any atom is 0.259 e. The van der Waals surface area contributed by atoms with Crippen LogP contribution in [-0.4, -0.2) is 80.0 Å². The first-order valence-electron chi connectivity index (χ1n) is 10.8. The lowest BCUT2D eigenvalue weighted by atomic mass is 10.1. The number of likely N-dealkylation sites (N-methyl/N-ethyl adjacent to an activating group) is 1. The highest BCUT2D eigenvalue weighted by molar-refractivity contribution is 5.94. The fraction of sp³-hybridized carbons (Fsp3) is 0.318. The molecule has 0 radical (unpaired) electrons. The van der Waals surface area contributed by atoms with Crippen LogP contribution in [0.15, 0.2) is 47.1 Å². The second-order valence-electron chi connectivity index (χ2n) is 8.00. The molecule has 11 nitrogen and oxygen atoms in total. The topological polar surface area (TPSA) is 131 Å². The van der Waals surface area contributed by atoms with Gasteiger partial charge in [-0.1, -0.05) is 12.1 Å². The number of benzene rings is 1. The molecule has 4 aromatic rings. The molecule has 1 fully saturated rings. The van der Waals surface area contributed by atoms with Gasteiger partial charge in [-0.15, -0.1) is 5.10 Å². The number of nitrogens with zero attached hydrogens (tertiary/aromatic N) is 7. The number of nitrogens with one attached hydrogen (secondary N) is 1. The van der Waals surface area contributed by atoms with Gasteiger partial charge in [0.2, 0.25) is 17.7 Å². The Labute approximate surface area is 190 Å². The molecule has 4 heterocycles. The zero-order valence-electron chi connectivity index (χ0n) is 18.3. The maximum atomic E-state index is 12.7. The SMILES string of the molecule is CN1CCN(C(=O)c2ccc(CCNc3nc(N)n4nc(-c5ccco5)nc4n3)cc2)CC1. The number of fused-ring (bicyclic) bond motifs is 1. The minimum Gasteiger partial charge on any atom is -0.461 e. The zero-order valence-corrected chi connectivity index (χ0v) is 18.3. The van der Waals surface area contributed by atoms with Gasteiger partial charge in [-0.2, -0.15) is 19.5 Å². The largest absolute Gasteiger partial charge is 0.461 e. The normalized spacial score (nSPS) is 14.6. The molecule has 11 heteroatoms. The van der Waals surface area contributed by atoms with E-state index in [1.165, 1.54) is 4.52 Å². The third-order valence-electron chi connectivity index (χ3n) is 5.66. The van der Waals surface area contributed by atoms with Gasteiger partial charge >= 0.3 is 0 Å². The second-order valence-corrected chi connectivity index (χ2v) is 8.00. The first kappa shape index (κ1) is 20.9. The van der Waals surface area contributed by atoms with Crippen molar-refractivity contribution in [1.82, 2.24) is 34.4 Å². The van der Waals surface area contributed by atoms with E-state index < -0.39 is 0 Å². The predicted octanol–water partition coefficient (Wildman–Crippen LogP) is 1.40. The van der Waals surface area contributed by atoms with Crippen molar-refractivity contribution in [2.45, 2.75) is 6.42 Å². The Morgan fingerprint density at radius 1 is 1.09 bits per heavy atom. The molecule has 0 atom stereocenters. The number of piperazine rings is 1. The van der Waals surface area contributed by atoms with Crippen molar-refractivity contribution in [3.63, 3.8) is 0 Å². The summed E-state index contributed by atoms with van der Waals surface area (Å²) in [5.74, 6) is 1.91. The fourth-order valence-corrected chi connectivity index (χ4v) is 3.72. The third-order valence-corrected chi connectivity index (χ3v) is 5.66. The van der Waals surface area contributed by atoms with Crippen molar-refractivity contribution in [1.29, 1.82) is 0 Å². The van der Waals surface area contributed by atoms with Gasteiger partial charge in [-0.05, 0) is 43.3 Å². The van der Waals surface area contributed by atoms with Crippen LogP contribution < -0.4 is 11.1 Å². The van der Waals surface area contributed by atoms with Crippen LogP contribution in [-0.2, 0) is 6.42 Å². The van der Waals surface area contributed by atoms with Crippen LogP contribution in [0.25, 0.3) is 17.4 Å². The molecule has 1 saturated heterocycles. The molecule has 3 N–H and O–H groups in total. The number of aromatic nitrogens is 5. The highest BCUT2D eigenvalue weighted by Gasteiger charge is 2.20. The molecule has 3 aromatic heterocycles. The third kappa shape index (κ3) is 4.48. The van der Waals surface area contributed by atoms with Gasteiger partial charge in [0.05, 0.1) is 6.26 Å². The van der Waals surface area contributed by atoms with Crippen LogP contribution in [0.1, 0.15) is 15.9 Å². The van der Waals surface area contributed by atoms with Crippen molar-refractivity contribution < 1.29 is 9.21 Å². The Hall–Kier alpha value is -3.99. The van der Waals surface area contributed by atoms with E-state index >= 15 is 0 Å². The fourth-order valence-electron chi connectivity index (χ4n) is 3.72. The molecule has 0 saturated carbocycles. The highest BCUT2D eigenvalue weighted by Crippen LogP contribution is 2.18. The summed E-state index contributed by atoms with van der Waals surface area (Å²) in [6.45, 7) is 3.95. The molecule has 33 heavy (non-hydrogen) atoms. The summed E-state index contributed by atoms with van der Waals surface area (Å²) >= 11 is 0. The first-order chi connectivity index (χ1) is 16.1. The Bertz CT molecular complexity index is 1240. The summed E-state index contributed by atoms with van der Waals surface area (Å²) in [7, 11) is 2.08. The van der Waals surface area contributed by atoms with Crippen molar-refractivity contribution in [2.24, 2.45) is 0 Å². The van der Waals surface area contributed by atoms with Gasteiger partial charge in [-0.25, -0.2) is 0 Å². The summed E-state index contributed by atoms with van der Waals surface area (Å²) in [5, 5.41) is 7.46. The van der Waals surface area contributed by atoms with Crippen LogP contribution in [0.4, 0.5) is 11.9 Å². The number of nitrogen functional groups attached to an aromatic ring is 1. The maximum absolute atomic E-state index is 12.7. The Morgan fingerprint density at radius 2 is 1.88 bits per heavy atom. The van der Waals surface area contributed by atoms with Gasteiger partial charge in [0.25, 0.3) is 11.7 Å². The van der Waals surface area contributed by atoms with E-state index in [9.17, 15) is 4.79 Å². The number of hydrogen-bond donors (Lipinski definition) is 2. The summed E-state index contributed by atoms with van der Waals surface area (Å²) in [6.07, 6.45) is 2.29. The van der Waals surface area contributed by atoms with E-state index in [0.717, 1.165) is 43.7 Å². The van der Waals surface area contributed by atoms with Crippen molar-refractivity contribution >= 4 is 23.6 Å². The minimum absolute atomic E-state index is 0.0900. The number of furan rings is 1. The molecule has 170 valence electrons. The monoisotopic (exact) mass is 447 g/mol. The number of nitrogens with two attached hydrogens (primary N) is 1. The number of carbonyl (C=O) groups excluding carboxylic acids is 1. The van der Waals surface area contributed by atoms with E-state index in [0.29, 0.717) is 29.9 Å². The molecule has 1 aromatic carbocycles. The van der Waals surface area contributed by atoms with Crippen LogP contribution in [0, 0.1) is 0 Å².